The van der Waals surface area contributed by atoms with Gasteiger partial charge in [0.1, 0.15) is 0 Å². The molecule has 0 saturated carbocycles. The van der Waals surface area contributed by atoms with Gasteiger partial charge in [0.25, 0.3) is 0 Å². The molecule has 3 N–H and O–H groups in total. The maximum Gasteiger partial charge on any atom is 0.234 e. The van der Waals surface area contributed by atoms with Gasteiger partial charge in [-0.05, 0) is 18.2 Å². The second-order valence-electron chi connectivity index (χ2n) is 3.14. The first kappa shape index (κ1) is 14.2. The molecule has 0 radical (unpaired) electrons. The van der Waals surface area contributed by atoms with Crippen LogP contribution in [-0.4, -0.2) is 23.3 Å². The lowest BCUT2D eigenvalue weighted by Crippen LogP contribution is -2.18. The smallest absolute Gasteiger partial charge is 0.234 e. The third-order valence-electron chi connectivity index (χ3n) is 1.68. The van der Waals surface area contributed by atoms with Crippen molar-refractivity contribution in [2.75, 3.05) is 16.8 Å². The molecule has 0 bridgehead atoms. The molecular formula is C10H10Cl2N2O2S. The van der Waals surface area contributed by atoms with Gasteiger partial charge in [0.05, 0.1) is 21.6 Å². The highest BCUT2D eigenvalue weighted by Gasteiger charge is 2.05. The van der Waals surface area contributed by atoms with Crippen molar-refractivity contribution in [3.63, 3.8) is 0 Å². The summed E-state index contributed by atoms with van der Waals surface area (Å²) in [5, 5.41) is 3.42. The third kappa shape index (κ3) is 5.30. The van der Waals surface area contributed by atoms with Gasteiger partial charge in [-0.2, -0.15) is 0 Å². The second kappa shape index (κ2) is 6.74. The molecule has 4 nitrogen and oxygen atoms in total. The number of thioether (sulfide) groups is 1. The molecule has 0 saturated heterocycles. The number of amides is 2. The molecule has 17 heavy (non-hydrogen) atoms. The van der Waals surface area contributed by atoms with Gasteiger partial charge in [0.2, 0.25) is 11.8 Å². The first-order valence-electron chi connectivity index (χ1n) is 4.60. The van der Waals surface area contributed by atoms with Gasteiger partial charge < -0.3 is 11.1 Å². The number of carbonyl (C=O) groups is 2. The van der Waals surface area contributed by atoms with Crippen LogP contribution in [0.3, 0.4) is 0 Å². The lowest BCUT2D eigenvalue weighted by atomic mass is 10.3. The lowest BCUT2D eigenvalue weighted by Gasteiger charge is -2.05. The Labute approximate surface area is 113 Å². The van der Waals surface area contributed by atoms with Crippen LogP contribution < -0.4 is 11.1 Å². The zero-order valence-corrected chi connectivity index (χ0v) is 11.0. The molecule has 1 rings (SSSR count). The Kier molecular flexibility index (Phi) is 5.61. The zero-order valence-electron chi connectivity index (χ0n) is 8.70. The molecule has 0 fully saturated rings. The molecule has 1 aromatic carbocycles. The number of hydrogen-bond acceptors (Lipinski definition) is 3. The summed E-state index contributed by atoms with van der Waals surface area (Å²) in [5.74, 6) is -0.398. The molecule has 0 heterocycles. The summed E-state index contributed by atoms with van der Waals surface area (Å²) >= 11 is 12.7. The van der Waals surface area contributed by atoms with Crippen LogP contribution in [0.4, 0.5) is 5.69 Å². The Morgan fingerprint density at radius 3 is 2.53 bits per heavy atom. The number of rotatable bonds is 5. The van der Waals surface area contributed by atoms with E-state index < -0.39 is 5.91 Å². The number of halogens is 2. The Bertz CT molecular complexity index is 440. The molecule has 0 atom stereocenters. The number of primary amides is 1. The number of nitrogens with two attached hydrogens (primary N) is 1. The van der Waals surface area contributed by atoms with E-state index in [1.54, 1.807) is 18.2 Å². The highest BCUT2D eigenvalue weighted by molar-refractivity contribution is 8.00. The largest absolute Gasteiger partial charge is 0.369 e. The first-order valence-corrected chi connectivity index (χ1v) is 6.51. The van der Waals surface area contributed by atoms with Gasteiger partial charge in [0, 0.05) is 5.69 Å². The van der Waals surface area contributed by atoms with Crippen molar-refractivity contribution < 1.29 is 9.59 Å². The Morgan fingerprint density at radius 1 is 1.24 bits per heavy atom. The minimum Gasteiger partial charge on any atom is -0.369 e. The SMILES string of the molecule is NC(=O)CSCC(=O)Nc1ccc(Cl)c(Cl)c1. The van der Waals surface area contributed by atoms with E-state index >= 15 is 0 Å². The van der Waals surface area contributed by atoms with E-state index in [2.05, 4.69) is 5.32 Å². The molecule has 7 heteroatoms. The number of anilines is 1. The first-order chi connectivity index (χ1) is 7.99. The fraction of sp³-hybridized carbons (Fsp3) is 0.200. The highest BCUT2D eigenvalue weighted by atomic mass is 35.5. The average Bonchev–Trinajstić information content (AvgIpc) is 2.23. The van der Waals surface area contributed by atoms with Gasteiger partial charge in [-0.1, -0.05) is 23.2 Å². The molecule has 2 amide bonds. The molecule has 0 aromatic heterocycles. The van der Waals surface area contributed by atoms with Crippen LogP contribution in [0.1, 0.15) is 0 Å². The topological polar surface area (TPSA) is 72.2 Å². The molecule has 0 aliphatic rings. The quantitative estimate of drug-likeness (QED) is 0.873. The summed E-state index contributed by atoms with van der Waals surface area (Å²) in [7, 11) is 0. The van der Waals surface area contributed by atoms with Crippen LogP contribution in [0, 0.1) is 0 Å². The van der Waals surface area contributed by atoms with Crippen LogP contribution in [0.5, 0.6) is 0 Å². The molecule has 0 spiro atoms. The van der Waals surface area contributed by atoms with Crippen molar-refractivity contribution in [2.24, 2.45) is 5.73 Å². The minimum atomic E-state index is -0.447. The average molecular weight is 293 g/mol. The highest BCUT2D eigenvalue weighted by Crippen LogP contribution is 2.24. The fourth-order valence-electron chi connectivity index (χ4n) is 1.02. The van der Waals surface area contributed by atoms with Crippen molar-refractivity contribution in [3.8, 4) is 0 Å². The van der Waals surface area contributed by atoms with E-state index in [4.69, 9.17) is 28.9 Å². The summed E-state index contributed by atoms with van der Waals surface area (Å²) < 4.78 is 0. The number of hydrogen-bond donors (Lipinski definition) is 2. The van der Waals surface area contributed by atoms with E-state index in [-0.39, 0.29) is 17.4 Å². The van der Waals surface area contributed by atoms with E-state index in [1.165, 1.54) is 0 Å². The maximum absolute atomic E-state index is 11.4. The van der Waals surface area contributed by atoms with Crippen LogP contribution in [-0.2, 0) is 9.59 Å². The van der Waals surface area contributed by atoms with E-state index in [9.17, 15) is 9.59 Å². The van der Waals surface area contributed by atoms with Crippen molar-refractivity contribution in [1.29, 1.82) is 0 Å². The standard InChI is InChI=1S/C10H10Cl2N2O2S/c11-7-2-1-6(3-8(7)12)14-10(16)5-17-4-9(13)15/h1-3H,4-5H2,(H2,13,15)(H,14,16). The maximum atomic E-state index is 11.4. The van der Waals surface area contributed by atoms with Crippen molar-refractivity contribution >= 4 is 52.5 Å². The van der Waals surface area contributed by atoms with Crippen LogP contribution >= 0.6 is 35.0 Å². The van der Waals surface area contributed by atoms with Crippen molar-refractivity contribution in [3.05, 3.63) is 28.2 Å². The second-order valence-corrected chi connectivity index (χ2v) is 4.94. The molecule has 0 unspecified atom stereocenters. The zero-order chi connectivity index (χ0) is 12.8. The predicted octanol–water partition coefficient (Wildman–Crippen LogP) is 2.15. The van der Waals surface area contributed by atoms with Gasteiger partial charge in [-0.3, -0.25) is 9.59 Å². The molecule has 92 valence electrons. The fourth-order valence-corrected chi connectivity index (χ4v) is 1.87. The Morgan fingerprint density at radius 2 is 1.94 bits per heavy atom. The summed E-state index contributed by atoms with van der Waals surface area (Å²) in [6, 6.07) is 4.79. The van der Waals surface area contributed by atoms with Gasteiger partial charge >= 0.3 is 0 Å². The Balaban J connectivity index is 2.45. The monoisotopic (exact) mass is 292 g/mol. The van der Waals surface area contributed by atoms with E-state index in [1.807, 2.05) is 0 Å². The minimum absolute atomic E-state index is 0.120. The molecule has 1 aromatic rings. The summed E-state index contributed by atoms with van der Waals surface area (Å²) in [6.07, 6.45) is 0. The normalized spacial score (nSPS) is 10.0. The van der Waals surface area contributed by atoms with Crippen LogP contribution in [0.2, 0.25) is 10.0 Å². The van der Waals surface area contributed by atoms with Crippen molar-refractivity contribution in [1.82, 2.24) is 0 Å². The number of nitrogens with one attached hydrogen (secondary N) is 1. The summed E-state index contributed by atoms with van der Waals surface area (Å²) in [4.78, 5) is 21.9. The molecule has 0 aliphatic carbocycles. The van der Waals surface area contributed by atoms with Gasteiger partial charge in [-0.25, -0.2) is 0 Å². The van der Waals surface area contributed by atoms with Gasteiger partial charge in [0.15, 0.2) is 0 Å². The Hall–Kier alpha value is -0.910. The van der Waals surface area contributed by atoms with Crippen LogP contribution in [0.15, 0.2) is 18.2 Å². The van der Waals surface area contributed by atoms with E-state index in [0.717, 1.165) is 11.8 Å². The predicted molar refractivity (Wildman–Crippen MR) is 71.6 cm³/mol. The number of carbonyl (C=O) groups excluding carboxylic acids is 2. The summed E-state index contributed by atoms with van der Waals surface area (Å²) in [5.41, 5.74) is 5.50. The van der Waals surface area contributed by atoms with Gasteiger partial charge in [-0.15, -0.1) is 11.8 Å². The molecule has 0 aliphatic heterocycles. The van der Waals surface area contributed by atoms with E-state index in [0.29, 0.717) is 15.7 Å². The number of benzene rings is 1. The third-order valence-corrected chi connectivity index (χ3v) is 3.37. The van der Waals surface area contributed by atoms with Crippen LogP contribution in [0.25, 0.3) is 0 Å². The van der Waals surface area contributed by atoms with Crippen molar-refractivity contribution in [2.45, 2.75) is 0 Å². The summed E-state index contributed by atoms with van der Waals surface area (Å²) in [6.45, 7) is 0. The molecular weight excluding hydrogens is 283 g/mol. The lowest BCUT2D eigenvalue weighted by molar-refractivity contribution is -0.115.